The first-order valence-corrected chi connectivity index (χ1v) is 5.83. The van der Waals surface area contributed by atoms with Crippen LogP contribution in [0.4, 0.5) is 5.69 Å². The molecule has 0 saturated heterocycles. The van der Waals surface area contributed by atoms with Crippen LogP contribution in [0.25, 0.3) is 6.08 Å². The monoisotopic (exact) mass is 269 g/mol. The summed E-state index contributed by atoms with van der Waals surface area (Å²) in [6.45, 7) is 0. The van der Waals surface area contributed by atoms with Gasteiger partial charge in [-0.2, -0.15) is 0 Å². The lowest BCUT2D eigenvalue weighted by molar-refractivity contribution is -0.384. The Morgan fingerprint density at radius 2 is 2.27 bits per heavy atom. The molecule has 0 fully saturated rings. The topological polar surface area (TPSA) is 43.1 Å². The van der Waals surface area contributed by atoms with Gasteiger partial charge in [-0.1, -0.05) is 40.2 Å². The first kappa shape index (κ1) is 11.9. The first-order valence-electron chi connectivity index (χ1n) is 4.71. The van der Waals surface area contributed by atoms with Crippen molar-refractivity contribution in [1.82, 2.24) is 0 Å². The lowest BCUT2D eigenvalue weighted by atomic mass is 10.1. The van der Waals surface area contributed by atoms with E-state index in [0.29, 0.717) is 0 Å². The average Bonchev–Trinajstić information content (AvgIpc) is 2.25. The van der Waals surface area contributed by atoms with Crippen LogP contribution in [0.5, 0.6) is 0 Å². The molecule has 0 bridgehead atoms. The van der Waals surface area contributed by atoms with Crippen molar-refractivity contribution in [3.8, 4) is 0 Å². The number of allylic oxidation sites excluding steroid dienone is 1. The lowest BCUT2D eigenvalue weighted by Gasteiger charge is -1.94. The summed E-state index contributed by atoms with van der Waals surface area (Å²) in [6.07, 6.45) is 6.00. The van der Waals surface area contributed by atoms with E-state index in [9.17, 15) is 10.1 Å². The van der Waals surface area contributed by atoms with Gasteiger partial charge in [0.05, 0.1) is 4.92 Å². The van der Waals surface area contributed by atoms with E-state index in [1.165, 1.54) is 6.07 Å². The van der Waals surface area contributed by atoms with Crippen molar-refractivity contribution in [2.24, 2.45) is 0 Å². The van der Waals surface area contributed by atoms with Gasteiger partial charge in [0.2, 0.25) is 0 Å². The van der Waals surface area contributed by atoms with Gasteiger partial charge in [-0.25, -0.2) is 0 Å². The Kier molecular flexibility index (Phi) is 5.04. The number of hydrogen-bond donors (Lipinski definition) is 0. The summed E-state index contributed by atoms with van der Waals surface area (Å²) in [5, 5.41) is 11.5. The molecule has 4 heteroatoms. The predicted octanol–water partition coefficient (Wildman–Crippen LogP) is 3.78. The van der Waals surface area contributed by atoms with Crippen LogP contribution < -0.4 is 0 Å². The van der Waals surface area contributed by atoms with E-state index in [4.69, 9.17) is 0 Å². The van der Waals surface area contributed by atoms with Crippen molar-refractivity contribution in [3.63, 3.8) is 0 Å². The highest BCUT2D eigenvalue weighted by Crippen LogP contribution is 2.14. The number of alkyl halides is 1. The normalized spacial score (nSPS) is 10.7. The number of nitro benzene ring substituents is 1. The summed E-state index contributed by atoms with van der Waals surface area (Å²) in [6, 6.07) is 6.63. The molecule has 0 heterocycles. The fourth-order valence-electron chi connectivity index (χ4n) is 1.16. The molecule has 0 atom stereocenters. The standard InChI is InChI=1S/C11H12BrNO2/c12-8-3-1-2-5-10-6-4-7-11(9-10)13(14)15/h2,4-7,9H,1,3,8H2. The van der Waals surface area contributed by atoms with E-state index in [1.807, 2.05) is 18.2 Å². The second kappa shape index (κ2) is 6.35. The van der Waals surface area contributed by atoms with E-state index in [2.05, 4.69) is 15.9 Å². The predicted molar refractivity (Wildman–Crippen MR) is 65.2 cm³/mol. The van der Waals surface area contributed by atoms with Gasteiger partial charge in [-0.05, 0) is 18.4 Å². The highest BCUT2D eigenvalue weighted by atomic mass is 79.9. The minimum absolute atomic E-state index is 0.137. The van der Waals surface area contributed by atoms with Crippen LogP contribution in [-0.4, -0.2) is 10.3 Å². The van der Waals surface area contributed by atoms with E-state index in [1.54, 1.807) is 12.1 Å². The molecule has 80 valence electrons. The molecule has 1 aromatic rings. The maximum absolute atomic E-state index is 10.5. The fourth-order valence-corrected chi connectivity index (χ4v) is 1.48. The zero-order valence-electron chi connectivity index (χ0n) is 8.23. The van der Waals surface area contributed by atoms with Crippen LogP contribution in [-0.2, 0) is 0 Å². The Bertz CT molecular complexity index is 363. The van der Waals surface area contributed by atoms with Gasteiger partial charge in [-0.3, -0.25) is 10.1 Å². The van der Waals surface area contributed by atoms with E-state index < -0.39 is 0 Å². The molecule has 1 aromatic carbocycles. The molecule has 0 saturated carbocycles. The SMILES string of the molecule is O=[N+]([O-])c1cccc(C=CCCCBr)c1. The Balaban J connectivity index is 2.65. The van der Waals surface area contributed by atoms with Gasteiger partial charge < -0.3 is 0 Å². The minimum atomic E-state index is -0.379. The molecular weight excluding hydrogens is 258 g/mol. The lowest BCUT2D eigenvalue weighted by Crippen LogP contribution is -1.87. The molecule has 0 aliphatic heterocycles. The van der Waals surface area contributed by atoms with Crippen LogP contribution in [0.3, 0.4) is 0 Å². The van der Waals surface area contributed by atoms with Crippen LogP contribution in [0.1, 0.15) is 18.4 Å². The van der Waals surface area contributed by atoms with Crippen molar-refractivity contribution in [1.29, 1.82) is 0 Å². The van der Waals surface area contributed by atoms with Crippen LogP contribution in [0.15, 0.2) is 30.3 Å². The Hall–Kier alpha value is -1.16. The van der Waals surface area contributed by atoms with Crippen molar-refractivity contribution in [2.75, 3.05) is 5.33 Å². The number of unbranched alkanes of at least 4 members (excludes halogenated alkanes) is 1. The summed E-state index contributed by atoms with van der Waals surface area (Å²) in [5.41, 5.74) is 1.01. The largest absolute Gasteiger partial charge is 0.270 e. The molecule has 0 aliphatic carbocycles. The third-order valence-electron chi connectivity index (χ3n) is 1.90. The Labute approximate surface area is 97.1 Å². The molecule has 0 aromatic heterocycles. The molecule has 0 unspecified atom stereocenters. The molecule has 0 N–H and O–H groups in total. The summed E-state index contributed by atoms with van der Waals surface area (Å²) >= 11 is 3.34. The fraction of sp³-hybridized carbons (Fsp3) is 0.273. The van der Waals surface area contributed by atoms with E-state index in [-0.39, 0.29) is 10.6 Å². The second-order valence-corrected chi connectivity index (χ2v) is 3.88. The molecule has 0 radical (unpaired) electrons. The van der Waals surface area contributed by atoms with Gasteiger partial charge in [0.1, 0.15) is 0 Å². The van der Waals surface area contributed by atoms with Crippen molar-refractivity contribution >= 4 is 27.7 Å². The maximum atomic E-state index is 10.5. The van der Waals surface area contributed by atoms with Crippen molar-refractivity contribution in [2.45, 2.75) is 12.8 Å². The number of benzene rings is 1. The zero-order valence-corrected chi connectivity index (χ0v) is 9.81. The van der Waals surface area contributed by atoms with Crippen LogP contribution in [0.2, 0.25) is 0 Å². The molecule has 0 aliphatic rings. The molecular formula is C11H12BrNO2. The third kappa shape index (κ3) is 4.25. The number of nitro groups is 1. The van der Waals surface area contributed by atoms with Gasteiger partial charge in [0.15, 0.2) is 0 Å². The first-order chi connectivity index (χ1) is 7.24. The van der Waals surface area contributed by atoms with Crippen molar-refractivity contribution in [3.05, 3.63) is 46.0 Å². The van der Waals surface area contributed by atoms with Crippen molar-refractivity contribution < 1.29 is 4.92 Å². The summed E-state index contributed by atoms with van der Waals surface area (Å²) in [7, 11) is 0. The quantitative estimate of drug-likeness (QED) is 0.353. The summed E-state index contributed by atoms with van der Waals surface area (Å²) < 4.78 is 0. The van der Waals surface area contributed by atoms with E-state index >= 15 is 0 Å². The number of hydrogen-bond acceptors (Lipinski definition) is 2. The highest BCUT2D eigenvalue weighted by molar-refractivity contribution is 9.09. The zero-order chi connectivity index (χ0) is 11.1. The number of non-ortho nitro benzene ring substituents is 1. The van der Waals surface area contributed by atoms with Crippen LogP contribution >= 0.6 is 15.9 Å². The smallest absolute Gasteiger partial charge is 0.258 e. The molecule has 15 heavy (non-hydrogen) atoms. The summed E-state index contributed by atoms with van der Waals surface area (Å²) in [5.74, 6) is 0. The molecule has 3 nitrogen and oxygen atoms in total. The van der Waals surface area contributed by atoms with Gasteiger partial charge in [0.25, 0.3) is 5.69 Å². The number of halogens is 1. The maximum Gasteiger partial charge on any atom is 0.270 e. The Morgan fingerprint density at radius 3 is 2.93 bits per heavy atom. The van der Waals surface area contributed by atoms with E-state index in [0.717, 1.165) is 23.7 Å². The van der Waals surface area contributed by atoms with Gasteiger partial charge in [0, 0.05) is 17.5 Å². The second-order valence-electron chi connectivity index (χ2n) is 3.09. The minimum Gasteiger partial charge on any atom is -0.258 e. The highest BCUT2D eigenvalue weighted by Gasteiger charge is 2.02. The number of nitrogens with zero attached hydrogens (tertiary/aromatic N) is 1. The van der Waals surface area contributed by atoms with Gasteiger partial charge >= 0.3 is 0 Å². The number of rotatable bonds is 5. The Morgan fingerprint density at radius 1 is 1.47 bits per heavy atom. The molecule has 0 amide bonds. The van der Waals surface area contributed by atoms with Gasteiger partial charge in [-0.15, -0.1) is 0 Å². The van der Waals surface area contributed by atoms with Crippen LogP contribution in [0, 0.1) is 10.1 Å². The molecule has 1 rings (SSSR count). The average molecular weight is 270 g/mol. The third-order valence-corrected chi connectivity index (χ3v) is 2.46. The molecule has 0 spiro atoms. The summed E-state index contributed by atoms with van der Waals surface area (Å²) in [4.78, 5) is 10.1.